The molecule has 1 saturated heterocycles. The summed E-state index contributed by atoms with van der Waals surface area (Å²) in [4.78, 5) is 10.7. The summed E-state index contributed by atoms with van der Waals surface area (Å²) < 4.78 is 21.8. The number of aromatic nitrogens is 4. The van der Waals surface area contributed by atoms with Gasteiger partial charge in [-0.05, 0) is 55.9 Å². The Morgan fingerprint density at radius 2 is 1.97 bits per heavy atom. The van der Waals surface area contributed by atoms with Crippen LogP contribution in [0.15, 0.2) is 36.5 Å². The molecular formula is C22H24ClFN6O. The molecular weight excluding hydrogens is 419 g/mol. The maximum atomic E-state index is 14.4. The number of anilines is 2. The standard InChI is InChI=1S/C22H24ClFN6O/c1-13-8-19(18(24)10-25-13)30-11-14-6-7-15(12-30)20(14)26-21-27-22(29(2)28-21)31-17-5-3-4-16(23)9-17/h3-5,8-10,14-15,20H,6-7,11-12H2,1-2H3,(H,26,28)/t14-,15+,20+. The monoisotopic (exact) mass is 442 g/mol. The third-order valence-corrected chi connectivity index (χ3v) is 6.41. The molecule has 2 fully saturated rings. The molecule has 0 unspecified atom stereocenters. The fourth-order valence-electron chi connectivity index (χ4n) is 4.73. The van der Waals surface area contributed by atoms with Crippen molar-refractivity contribution >= 4 is 23.2 Å². The minimum Gasteiger partial charge on any atom is -0.424 e. The number of piperidine rings is 1. The number of halogens is 2. The zero-order valence-electron chi connectivity index (χ0n) is 17.4. The maximum Gasteiger partial charge on any atom is 0.321 e. The Labute approximate surface area is 185 Å². The molecule has 9 heteroatoms. The van der Waals surface area contributed by atoms with Crippen molar-refractivity contribution in [2.24, 2.45) is 18.9 Å². The third kappa shape index (κ3) is 4.04. The number of nitrogens with one attached hydrogen (secondary N) is 1. The van der Waals surface area contributed by atoms with Gasteiger partial charge in [-0.25, -0.2) is 9.07 Å². The zero-order chi connectivity index (χ0) is 21.5. The predicted octanol–water partition coefficient (Wildman–Crippen LogP) is 4.43. The second kappa shape index (κ2) is 8.00. The summed E-state index contributed by atoms with van der Waals surface area (Å²) in [5, 5.41) is 8.59. The number of hydrogen-bond acceptors (Lipinski definition) is 6. The maximum absolute atomic E-state index is 14.4. The fraction of sp³-hybridized carbons (Fsp3) is 0.409. The van der Waals surface area contributed by atoms with Crippen molar-refractivity contribution in [2.75, 3.05) is 23.3 Å². The summed E-state index contributed by atoms with van der Waals surface area (Å²) in [5.41, 5.74) is 1.48. The summed E-state index contributed by atoms with van der Waals surface area (Å²) in [5.74, 6) is 1.68. The van der Waals surface area contributed by atoms with Crippen LogP contribution >= 0.6 is 11.6 Å². The second-order valence-corrected chi connectivity index (χ2v) is 8.79. The van der Waals surface area contributed by atoms with Crippen LogP contribution in [0.3, 0.4) is 0 Å². The minimum atomic E-state index is -0.259. The molecule has 0 radical (unpaired) electrons. The van der Waals surface area contributed by atoms with Crippen LogP contribution in [0.2, 0.25) is 5.02 Å². The van der Waals surface area contributed by atoms with Crippen molar-refractivity contribution in [3.05, 3.63) is 53.1 Å². The molecule has 2 bridgehead atoms. The van der Waals surface area contributed by atoms with Gasteiger partial charge in [-0.1, -0.05) is 17.7 Å². The quantitative estimate of drug-likeness (QED) is 0.630. The average molecular weight is 443 g/mol. The molecule has 1 aliphatic heterocycles. The molecule has 2 aliphatic rings. The third-order valence-electron chi connectivity index (χ3n) is 6.17. The fourth-order valence-corrected chi connectivity index (χ4v) is 4.91. The van der Waals surface area contributed by atoms with Crippen LogP contribution in [0.4, 0.5) is 16.0 Å². The van der Waals surface area contributed by atoms with Gasteiger partial charge >= 0.3 is 6.01 Å². The molecule has 0 amide bonds. The van der Waals surface area contributed by atoms with E-state index in [1.807, 2.05) is 25.1 Å². The molecule has 1 aromatic carbocycles. The van der Waals surface area contributed by atoms with Crippen molar-refractivity contribution in [3.8, 4) is 11.8 Å². The molecule has 1 aliphatic carbocycles. The van der Waals surface area contributed by atoms with E-state index in [1.165, 1.54) is 6.20 Å². The van der Waals surface area contributed by atoms with E-state index in [9.17, 15) is 4.39 Å². The highest BCUT2D eigenvalue weighted by molar-refractivity contribution is 6.30. The van der Waals surface area contributed by atoms with E-state index in [1.54, 1.807) is 23.9 Å². The van der Waals surface area contributed by atoms with Gasteiger partial charge in [0, 0.05) is 36.9 Å². The van der Waals surface area contributed by atoms with E-state index in [2.05, 4.69) is 25.3 Å². The number of ether oxygens (including phenoxy) is 1. The first kappa shape index (κ1) is 20.1. The Morgan fingerprint density at radius 1 is 1.19 bits per heavy atom. The van der Waals surface area contributed by atoms with Gasteiger partial charge in [0.15, 0.2) is 5.82 Å². The first-order valence-corrected chi connectivity index (χ1v) is 10.8. The molecule has 3 atom stereocenters. The van der Waals surface area contributed by atoms with Crippen LogP contribution in [0.25, 0.3) is 0 Å². The molecule has 3 heterocycles. The SMILES string of the molecule is Cc1cc(N2C[C@H]3CC[C@@H](C2)[C@H]3Nc2nc(Oc3cccc(Cl)c3)n(C)n2)c(F)cn1. The topological polar surface area (TPSA) is 68.1 Å². The number of fused-ring (bicyclic) bond motifs is 2. The van der Waals surface area contributed by atoms with E-state index in [-0.39, 0.29) is 11.9 Å². The van der Waals surface area contributed by atoms with Gasteiger partial charge in [0.1, 0.15) is 5.75 Å². The summed E-state index contributed by atoms with van der Waals surface area (Å²) in [7, 11) is 1.80. The summed E-state index contributed by atoms with van der Waals surface area (Å²) in [6.07, 6.45) is 3.52. The van der Waals surface area contributed by atoms with Crippen molar-refractivity contribution in [1.29, 1.82) is 0 Å². The number of nitrogens with zero attached hydrogens (tertiary/aromatic N) is 5. The van der Waals surface area contributed by atoms with E-state index >= 15 is 0 Å². The lowest BCUT2D eigenvalue weighted by molar-refractivity contribution is 0.373. The number of rotatable bonds is 5. The van der Waals surface area contributed by atoms with E-state index in [0.29, 0.717) is 40.3 Å². The first-order chi connectivity index (χ1) is 15.0. The molecule has 31 heavy (non-hydrogen) atoms. The number of aryl methyl sites for hydroxylation is 2. The predicted molar refractivity (Wildman–Crippen MR) is 117 cm³/mol. The Bertz CT molecular complexity index is 1090. The van der Waals surface area contributed by atoms with Gasteiger partial charge in [-0.15, -0.1) is 5.10 Å². The van der Waals surface area contributed by atoms with Gasteiger partial charge < -0.3 is 15.0 Å². The Morgan fingerprint density at radius 3 is 2.71 bits per heavy atom. The highest BCUT2D eigenvalue weighted by atomic mass is 35.5. The van der Waals surface area contributed by atoms with Gasteiger partial charge in [-0.2, -0.15) is 4.98 Å². The smallest absolute Gasteiger partial charge is 0.321 e. The lowest BCUT2D eigenvalue weighted by atomic mass is 9.92. The van der Waals surface area contributed by atoms with Crippen molar-refractivity contribution in [2.45, 2.75) is 25.8 Å². The lowest BCUT2D eigenvalue weighted by Crippen LogP contribution is -2.48. The van der Waals surface area contributed by atoms with Gasteiger partial charge in [-0.3, -0.25) is 4.98 Å². The molecule has 3 aromatic rings. The van der Waals surface area contributed by atoms with Gasteiger partial charge in [0.05, 0.1) is 11.9 Å². The first-order valence-electron chi connectivity index (χ1n) is 10.4. The Kier molecular flexibility index (Phi) is 5.17. The summed E-state index contributed by atoms with van der Waals surface area (Å²) in [6.45, 7) is 3.49. The highest BCUT2D eigenvalue weighted by Gasteiger charge is 2.43. The lowest BCUT2D eigenvalue weighted by Gasteiger charge is -2.39. The second-order valence-electron chi connectivity index (χ2n) is 8.35. The molecule has 162 valence electrons. The molecule has 5 rings (SSSR count). The Balaban J connectivity index is 1.29. The van der Waals surface area contributed by atoms with Gasteiger partial charge in [0.25, 0.3) is 0 Å². The van der Waals surface area contributed by atoms with Crippen LogP contribution in [0.1, 0.15) is 18.5 Å². The Hall–Kier alpha value is -2.87. The molecule has 1 saturated carbocycles. The van der Waals surface area contributed by atoms with Crippen molar-refractivity contribution in [1.82, 2.24) is 19.7 Å². The van der Waals surface area contributed by atoms with Crippen molar-refractivity contribution in [3.63, 3.8) is 0 Å². The molecule has 0 spiro atoms. The number of benzene rings is 1. The van der Waals surface area contributed by atoms with E-state index < -0.39 is 0 Å². The summed E-state index contributed by atoms with van der Waals surface area (Å²) in [6, 6.07) is 9.66. The van der Waals surface area contributed by atoms with Crippen LogP contribution in [0.5, 0.6) is 11.8 Å². The van der Waals surface area contributed by atoms with Crippen molar-refractivity contribution < 1.29 is 9.13 Å². The average Bonchev–Trinajstić information content (AvgIpc) is 3.17. The highest BCUT2D eigenvalue weighted by Crippen LogP contribution is 2.40. The minimum absolute atomic E-state index is 0.253. The zero-order valence-corrected chi connectivity index (χ0v) is 18.2. The number of hydrogen-bond donors (Lipinski definition) is 1. The van der Waals surface area contributed by atoms with E-state index in [0.717, 1.165) is 31.6 Å². The molecule has 7 nitrogen and oxygen atoms in total. The summed E-state index contributed by atoms with van der Waals surface area (Å²) >= 11 is 6.03. The van der Waals surface area contributed by atoms with Gasteiger partial charge in [0.2, 0.25) is 5.95 Å². The van der Waals surface area contributed by atoms with Crippen LogP contribution in [-0.2, 0) is 7.05 Å². The molecule has 2 aromatic heterocycles. The normalized spacial score (nSPS) is 22.6. The van der Waals surface area contributed by atoms with E-state index in [4.69, 9.17) is 16.3 Å². The number of pyridine rings is 1. The van der Waals surface area contributed by atoms with Crippen LogP contribution in [0, 0.1) is 24.6 Å². The van der Waals surface area contributed by atoms with Crippen LogP contribution < -0.4 is 15.0 Å². The largest absolute Gasteiger partial charge is 0.424 e. The molecule has 1 N–H and O–H groups in total. The van der Waals surface area contributed by atoms with Crippen LogP contribution in [-0.4, -0.2) is 38.9 Å².